The Labute approximate surface area is 172 Å². The van der Waals surface area contributed by atoms with Gasteiger partial charge in [-0.05, 0) is 13.0 Å². The van der Waals surface area contributed by atoms with Gasteiger partial charge < -0.3 is 10.6 Å². The number of carbonyl (C=O) groups excluding carboxylic acids is 1. The van der Waals surface area contributed by atoms with E-state index in [1.807, 2.05) is 0 Å². The molecule has 1 saturated heterocycles. The second-order valence-corrected chi connectivity index (χ2v) is 6.37. The largest absolute Gasteiger partial charge is 0.405 e. The molecule has 1 fully saturated rings. The van der Waals surface area contributed by atoms with E-state index in [1.54, 1.807) is 20.0 Å². The van der Waals surface area contributed by atoms with Crippen LogP contribution in [0.4, 0.5) is 13.2 Å². The van der Waals surface area contributed by atoms with Gasteiger partial charge in [0.2, 0.25) is 0 Å². The standard InChI is InChI=1S/C16H21F3N6O.2ClH/c1-10-7-11(12-8-22-24(2)14(12)23-10)15(26)21-9-13(16(17,18)19)25-5-3-20-4-6-25;;/h7-8,13,20H,3-6,9H2,1-2H3,(H,21,26);2*1H. The first kappa shape index (κ1) is 24.4. The molecule has 0 radical (unpaired) electrons. The van der Waals surface area contributed by atoms with Crippen molar-refractivity contribution in [1.82, 2.24) is 30.3 Å². The second-order valence-electron chi connectivity index (χ2n) is 6.37. The maximum atomic E-state index is 13.4. The summed E-state index contributed by atoms with van der Waals surface area (Å²) >= 11 is 0. The molecule has 2 N–H and O–H groups in total. The molecular formula is C16H23Cl2F3N6O. The smallest absolute Gasteiger partial charge is 0.350 e. The normalized spacial score (nSPS) is 16.2. The summed E-state index contributed by atoms with van der Waals surface area (Å²) in [6, 6.07) is -0.145. The average molecular weight is 443 g/mol. The number of hydrogen-bond acceptors (Lipinski definition) is 5. The molecule has 158 valence electrons. The zero-order valence-corrected chi connectivity index (χ0v) is 17.0. The van der Waals surface area contributed by atoms with Gasteiger partial charge in [-0.2, -0.15) is 18.3 Å². The van der Waals surface area contributed by atoms with E-state index in [0.29, 0.717) is 42.9 Å². The first-order valence-electron chi connectivity index (χ1n) is 8.36. The predicted octanol–water partition coefficient (Wildman–Crippen LogP) is 1.69. The summed E-state index contributed by atoms with van der Waals surface area (Å²) in [6.45, 7) is 2.82. The summed E-state index contributed by atoms with van der Waals surface area (Å²) in [5.41, 5.74) is 1.40. The second kappa shape index (κ2) is 9.73. The number of halogens is 5. The number of nitrogens with one attached hydrogen (secondary N) is 2. The number of fused-ring (bicyclic) bond motifs is 1. The monoisotopic (exact) mass is 442 g/mol. The van der Waals surface area contributed by atoms with E-state index in [1.165, 1.54) is 15.8 Å². The lowest BCUT2D eigenvalue weighted by Gasteiger charge is -2.35. The topological polar surface area (TPSA) is 75.1 Å². The zero-order valence-electron chi connectivity index (χ0n) is 15.4. The van der Waals surface area contributed by atoms with Crippen molar-refractivity contribution in [2.45, 2.75) is 19.1 Å². The number of piperazine rings is 1. The van der Waals surface area contributed by atoms with Gasteiger partial charge in [0, 0.05) is 45.5 Å². The molecule has 2 aromatic rings. The third kappa shape index (κ3) is 5.25. The molecule has 3 rings (SSSR count). The highest BCUT2D eigenvalue weighted by atomic mass is 35.5. The highest BCUT2D eigenvalue weighted by molar-refractivity contribution is 6.05. The molecule has 0 aliphatic carbocycles. The number of aromatic nitrogens is 3. The van der Waals surface area contributed by atoms with Crippen LogP contribution < -0.4 is 10.6 Å². The van der Waals surface area contributed by atoms with Crippen LogP contribution in [0.15, 0.2) is 12.3 Å². The average Bonchev–Trinajstić information content (AvgIpc) is 2.95. The van der Waals surface area contributed by atoms with E-state index >= 15 is 0 Å². The number of carbonyl (C=O) groups is 1. The van der Waals surface area contributed by atoms with Gasteiger partial charge in [-0.1, -0.05) is 0 Å². The van der Waals surface area contributed by atoms with Crippen molar-refractivity contribution >= 4 is 41.8 Å². The van der Waals surface area contributed by atoms with Crippen LogP contribution in [0.5, 0.6) is 0 Å². The van der Waals surface area contributed by atoms with E-state index < -0.39 is 24.7 Å². The van der Waals surface area contributed by atoms with Gasteiger partial charge >= 0.3 is 6.18 Å². The fraction of sp³-hybridized carbons (Fsp3) is 0.562. The summed E-state index contributed by atoms with van der Waals surface area (Å²) in [5.74, 6) is -0.558. The Bertz CT molecular complexity index is 808. The minimum atomic E-state index is -4.41. The number of hydrogen-bond donors (Lipinski definition) is 2. The third-order valence-corrected chi connectivity index (χ3v) is 4.50. The Balaban J connectivity index is 0.00000196. The minimum absolute atomic E-state index is 0. The third-order valence-electron chi connectivity index (χ3n) is 4.50. The lowest BCUT2D eigenvalue weighted by Crippen LogP contribution is -2.57. The van der Waals surface area contributed by atoms with Crippen molar-refractivity contribution in [1.29, 1.82) is 0 Å². The van der Waals surface area contributed by atoms with Crippen molar-refractivity contribution in [2.24, 2.45) is 7.05 Å². The van der Waals surface area contributed by atoms with Gasteiger partial charge in [0.05, 0.1) is 17.1 Å². The van der Waals surface area contributed by atoms with E-state index in [0.717, 1.165) is 0 Å². The molecule has 2 aromatic heterocycles. The summed E-state index contributed by atoms with van der Waals surface area (Å²) < 4.78 is 41.8. The van der Waals surface area contributed by atoms with Crippen LogP contribution in [0, 0.1) is 6.92 Å². The van der Waals surface area contributed by atoms with Crippen LogP contribution in [0.1, 0.15) is 16.1 Å². The number of alkyl halides is 3. The van der Waals surface area contributed by atoms with Crippen LogP contribution >= 0.6 is 24.8 Å². The quantitative estimate of drug-likeness (QED) is 0.753. The summed E-state index contributed by atoms with van der Waals surface area (Å²) in [7, 11) is 1.69. The SMILES string of the molecule is Cc1cc(C(=O)NCC(N2CCNCC2)C(F)(F)F)c2cnn(C)c2n1.Cl.Cl. The molecule has 7 nitrogen and oxygen atoms in total. The van der Waals surface area contributed by atoms with Crippen LogP contribution in [0.2, 0.25) is 0 Å². The summed E-state index contributed by atoms with van der Waals surface area (Å²) in [6.07, 6.45) is -2.92. The van der Waals surface area contributed by atoms with Gasteiger partial charge in [-0.25, -0.2) is 4.98 Å². The number of aryl methyl sites for hydroxylation is 2. The van der Waals surface area contributed by atoms with Crippen LogP contribution in [0.3, 0.4) is 0 Å². The Morgan fingerprint density at radius 1 is 1.32 bits per heavy atom. The van der Waals surface area contributed by atoms with Crippen molar-refractivity contribution in [3.05, 3.63) is 23.5 Å². The molecule has 0 bridgehead atoms. The van der Waals surface area contributed by atoms with Gasteiger partial charge in [-0.15, -0.1) is 24.8 Å². The maximum Gasteiger partial charge on any atom is 0.405 e. The van der Waals surface area contributed by atoms with Crippen LogP contribution in [-0.4, -0.2) is 70.5 Å². The molecule has 28 heavy (non-hydrogen) atoms. The Kier molecular flexibility index (Phi) is 8.48. The van der Waals surface area contributed by atoms with E-state index in [2.05, 4.69) is 20.7 Å². The van der Waals surface area contributed by atoms with Crippen molar-refractivity contribution in [3.8, 4) is 0 Å². The fourth-order valence-corrected chi connectivity index (χ4v) is 3.16. The number of pyridine rings is 1. The van der Waals surface area contributed by atoms with Gasteiger partial charge in [0.15, 0.2) is 5.65 Å². The zero-order chi connectivity index (χ0) is 18.9. The minimum Gasteiger partial charge on any atom is -0.350 e. The van der Waals surface area contributed by atoms with Crippen molar-refractivity contribution < 1.29 is 18.0 Å². The molecule has 1 unspecified atom stereocenters. The van der Waals surface area contributed by atoms with Crippen molar-refractivity contribution in [2.75, 3.05) is 32.7 Å². The Morgan fingerprint density at radius 3 is 2.57 bits per heavy atom. The highest BCUT2D eigenvalue weighted by Crippen LogP contribution is 2.25. The van der Waals surface area contributed by atoms with E-state index in [9.17, 15) is 18.0 Å². The Morgan fingerprint density at radius 2 is 1.96 bits per heavy atom. The predicted molar refractivity (Wildman–Crippen MR) is 104 cm³/mol. The van der Waals surface area contributed by atoms with Gasteiger partial charge in [0.1, 0.15) is 6.04 Å². The molecule has 1 aliphatic heterocycles. The molecule has 1 amide bonds. The Hall–Kier alpha value is -1.62. The summed E-state index contributed by atoms with van der Waals surface area (Å²) in [4.78, 5) is 18.2. The van der Waals surface area contributed by atoms with Gasteiger partial charge in [-0.3, -0.25) is 14.4 Å². The fourth-order valence-electron chi connectivity index (χ4n) is 3.16. The maximum absolute atomic E-state index is 13.4. The van der Waals surface area contributed by atoms with E-state index in [-0.39, 0.29) is 30.4 Å². The first-order valence-corrected chi connectivity index (χ1v) is 8.36. The highest BCUT2D eigenvalue weighted by Gasteiger charge is 2.43. The van der Waals surface area contributed by atoms with Crippen molar-refractivity contribution in [3.63, 3.8) is 0 Å². The first-order chi connectivity index (χ1) is 12.3. The lowest BCUT2D eigenvalue weighted by atomic mass is 10.1. The summed E-state index contributed by atoms with van der Waals surface area (Å²) in [5, 5.41) is 10.1. The number of amides is 1. The molecule has 0 spiro atoms. The number of rotatable bonds is 4. The van der Waals surface area contributed by atoms with Crippen LogP contribution in [-0.2, 0) is 7.05 Å². The molecule has 0 aromatic carbocycles. The molecule has 0 saturated carbocycles. The molecule has 1 aliphatic rings. The molecule has 3 heterocycles. The van der Waals surface area contributed by atoms with Gasteiger partial charge in [0.25, 0.3) is 5.91 Å². The van der Waals surface area contributed by atoms with E-state index in [4.69, 9.17) is 0 Å². The lowest BCUT2D eigenvalue weighted by molar-refractivity contribution is -0.183. The molecule has 12 heteroatoms. The molecule has 1 atom stereocenters. The number of nitrogens with zero attached hydrogens (tertiary/aromatic N) is 4. The van der Waals surface area contributed by atoms with Crippen LogP contribution in [0.25, 0.3) is 11.0 Å². The molecular weight excluding hydrogens is 420 g/mol.